The molecule has 0 fully saturated rings. The van der Waals surface area contributed by atoms with Crippen LogP contribution in [0.1, 0.15) is 29.8 Å². The minimum atomic E-state index is -0.228. The first-order valence-corrected chi connectivity index (χ1v) is 9.51. The maximum Gasteiger partial charge on any atom is 0.255 e. The molecule has 0 saturated carbocycles. The molecule has 2 N–H and O–H groups in total. The van der Waals surface area contributed by atoms with Crippen molar-refractivity contribution in [1.82, 2.24) is 0 Å². The van der Waals surface area contributed by atoms with Gasteiger partial charge in [-0.3, -0.25) is 9.59 Å². The third-order valence-corrected chi connectivity index (χ3v) is 4.10. The first-order valence-electron chi connectivity index (χ1n) is 9.51. The summed E-state index contributed by atoms with van der Waals surface area (Å²) in [5.41, 5.74) is 2.71. The van der Waals surface area contributed by atoms with E-state index >= 15 is 0 Å². The first kappa shape index (κ1) is 20.1. The van der Waals surface area contributed by atoms with Gasteiger partial charge in [-0.05, 0) is 61.9 Å². The van der Waals surface area contributed by atoms with Gasteiger partial charge in [0.2, 0.25) is 5.91 Å². The molecule has 0 aliphatic carbocycles. The largest absolute Gasteiger partial charge is 0.491 e. The Labute approximate surface area is 170 Å². The second-order valence-electron chi connectivity index (χ2n) is 6.94. The molecule has 0 spiro atoms. The number of carbonyl (C=O) groups excluding carboxylic acids is 2. The summed E-state index contributed by atoms with van der Waals surface area (Å²) in [5, 5.41) is 5.71. The molecule has 3 aromatic rings. The number of benzene rings is 3. The fraction of sp³-hybridized carbons (Fsp3) is 0.167. The van der Waals surface area contributed by atoms with E-state index < -0.39 is 0 Å². The molecular weight excluding hydrogens is 364 g/mol. The Morgan fingerprint density at radius 1 is 0.828 bits per heavy atom. The summed E-state index contributed by atoms with van der Waals surface area (Å²) < 4.78 is 5.59. The third kappa shape index (κ3) is 6.21. The van der Waals surface area contributed by atoms with E-state index in [1.807, 2.05) is 44.2 Å². The number of amides is 2. The monoisotopic (exact) mass is 388 g/mol. The maximum atomic E-state index is 12.5. The fourth-order valence-electron chi connectivity index (χ4n) is 2.82. The smallest absolute Gasteiger partial charge is 0.255 e. The van der Waals surface area contributed by atoms with E-state index in [1.54, 1.807) is 48.5 Å². The van der Waals surface area contributed by atoms with Gasteiger partial charge in [0.1, 0.15) is 5.75 Å². The molecule has 29 heavy (non-hydrogen) atoms. The van der Waals surface area contributed by atoms with Crippen LogP contribution in [-0.4, -0.2) is 17.9 Å². The van der Waals surface area contributed by atoms with Crippen LogP contribution in [0.25, 0.3) is 0 Å². The van der Waals surface area contributed by atoms with E-state index in [0.29, 0.717) is 23.4 Å². The molecule has 0 aliphatic heterocycles. The van der Waals surface area contributed by atoms with E-state index in [4.69, 9.17) is 4.74 Å². The molecule has 0 bridgehead atoms. The van der Waals surface area contributed by atoms with E-state index in [-0.39, 0.29) is 17.9 Å². The molecule has 148 valence electrons. The lowest BCUT2D eigenvalue weighted by Gasteiger charge is -2.11. The Morgan fingerprint density at radius 2 is 1.48 bits per heavy atom. The van der Waals surface area contributed by atoms with Crippen LogP contribution in [0, 0.1) is 0 Å². The van der Waals surface area contributed by atoms with Crippen LogP contribution < -0.4 is 15.4 Å². The van der Waals surface area contributed by atoms with Gasteiger partial charge in [0.25, 0.3) is 5.91 Å². The maximum absolute atomic E-state index is 12.5. The van der Waals surface area contributed by atoms with Gasteiger partial charge in [0.15, 0.2) is 0 Å². The van der Waals surface area contributed by atoms with Gasteiger partial charge in [0.05, 0.1) is 12.5 Å². The predicted molar refractivity (Wildman–Crippen MR) is 115 cm³/mol. The topological polar surface area (TPSA) is 67.4 Å². The standard InChI is InChI=1S/C24H24N2O3/c1-17(2)29-22-13-11-19(12-14-22)24(28)26-21-10-6-9-20(16-21)25-23(27)15-18-7-4-3-5-8-18/h3-14,16-17H,15H2,1-2H3,(H,25,27)(H,26,28). The molecule has 0 atom stereocenters. The molecule has 3 rings (SSSR count). The molecule has 5 nitrogen and oxygen atoms in total. The summed E-state index contributed by atoms with van der Waals surface area (Å²) >= 11 is 0. The van der Waals surface area contributed by atoms with Gasteiger partial charge in [-0.1, -0.05) is 36.4 Å². The van der Waals surface area contributed by atoms with Crippen LogP contribution in [0.3, 0.4) is 0 Å². The number of rotatable bonds is 7. The average Bonchev–Trinajstić information content (AvgIpc) is 2.69. The lowest BCUT2D eigenvalue weighted by Crippen LogP contribution is -2.15. The number of carbonyl (C=O) groups is 2. The zero-order valence-corrected chi connectivity index (χ0v) is 16.5. The zero-order valence-electron chi connectivity index (χ0n) is 16.5. The number of nitrogens with one attached hydrogen (secondary N) is 2. The minimum Gasteiger partial charge on any atom is -0.491 e. The van der Waals surface area contributed by atoms with Crippen molar-refractivity contribution >= 4 is 23.2 Å². The summed E-state index contributed by atoms with van der Waals surface area (Å²) in [6.45, 7) is 3.90. The third-order valence-electron chi connectivity index (χ3n) is 4.10. The van der Waals surface area contributed by atoms with Gasteiger partial charge in [0, 0.05) is 16.9 Å². The van der Waals surface area contributed by atoms with Crippen molar-refractivity contribution in [3.05, 3.63) is 90.0 Å². The number of anilines is 2. The van der Waals surface area contributed by atoms with Crippen molar-refractivity contribution in [2.24, 2.45) is 0 Å². The van der Waals surface area contributed by atoms with Gasteiger partial charge in [-0.15, -0.1) is 0 Å². The summed E-state index contributed by atoms with van der Waals surface area (Å²) in [4.78, 5) is 24.7. The summed E-state index contributed by atoms with van der Waals surface area (Å²) in [7, 11) is 0. The molecule has 0 radical (unpaired) electrons. The average molecular weight is 388 g/mol. The molecular formula is C24H24N2O3. The second-order valence-corrected chi connectivity index (χ2v) is 6.94. The normalized spacial score (nSPS) is 10.4. The highest BCUT2D eigenvalue weighted by molar-refractivity contribution is 6.04. The molecule has 0 aromatic heterocycles. The van der Waals surface area contributed by atoms with E-state index in [1.165, 1.54) is 0 Å². The van der Waals surface area contributed by atoms with Crippen LogP contribution in [0.5, 0.6) is 5.75 Å². The Kier molecular flexibility index (Phi) is 6.63. The Balaban J connectivity index is 1.60. The van der Waals surface area contributed by atoms with Crippen molar-refractivity contribution in [1.29, 1.82) is 0 Å². The molecule has 0 aliphatic rings. The van der Waals surface area contributed by atoms with Gasteiger partial charge < -0.3 is 15.4 Å². The van der Waals surface area contributed by atoms with E-state index in [2.05, 4.69) is 10.6 Å². The molecule has 0 saturated heterocycles. The first-order chi connectivity index (χ1) is 14.0. The predicted octanol–water partition coefficient (Wildman–Crippen LogP) is 4.91. The minimum absolute atomic E-state index is 0.0783. The van der Waals surface area contributed by atoms with E-state index in [9.17, 15) is 9.59 Å². The summed E-state index contributed by atoms with van der Waals surface area (Å²) in [5.74, 6) is 0.383. The van der Waals surface area contributed by atoms with Crippen LogP contribution in [0.4, 0.5) is 11.4 Å². The van der Waals surface area contributed by atoms with Crippen LogP contribution in [-0.2, 0) is 11.2 Å². The summed E-state index contributed by atoms with van der Waals surface area (Å²) in [6, 6.07) is 23.6. The lowest BCUT2D eigenvalue weighted by atomic mass is 10.1. The SMILES string of the molecule is CC(C)Oc1ccc(C(=O)Nc2cccc(NC(=O)Cc3ccccc3)c2)cc1. The Hall–Kier alpha value is -3.60. The van der Waals surface area contributed by atoms with Crippen LogP contribution >= 0.6 is 0 Å². The van der Waals surface area contributed by atoms with Gasteiger partial charge in [-0.2, -0.15) is 0 Å². The highest BCUT2D eigenvalue weighted by atomic mass is 16.5. The van der Waals surface area contributed by atoms with Crippen LogP contribution in [0.15, 0.2) is 78.9 Å². The fourth-order valence-corrected chi connectivity index (χ4v) is 2.82. The van der Waals surface area contributed by atoms with Crippen molar-refractivity contribution in [3.63, 3.8) is 0 Å². The van der Waals surface area contributed by atoms with Crippen molar-refractivity contribution in [2.75, 3.05) is 10.6 Å². The molecule has 3 aromatic carbocycles. The van der Waals surface area contributed by atoms with Gasteiger partial charge >= 0.3 is 0 Å². The van der Waals surface area contributed by atoms with Crippen LogP contribution in [0.2, 0.25) is 0 Å². The number of hydrogen-bond donors (Lipinski definition) is 2. The highest BCUT2D eigenvalue weighted by Gasteiger charge is 2.09. The highest BCUT2D eigenvalue weighted by Crippen LogP contribution is 2.18. The second kappa shape index (κ2) is 9.55. The van der Waals surface area contributed by atoms with E-state index in [0.717, 1.165) is 11.3 Å². The van der Waals surface area contributed by atoms with Crippen molar-refractivity contribution in [2.45, 2.75) is 26.4 Å². The Morgan fingerprint density at radius 3 is 2.14 bits per heavy atom. The van der Waals surface area contributed by atoms with Crippen molar-refractivity contribution < 1.29 is 14.3 Å². The molecule has 5 heteroatoms. The zero-order chi connectivity index (χ0) is 20.6. The van der Waals surface area contributed by atoms with Crippen molar-refractivity contribution in [3.8, 4) is 5.75 Å². The summed E-state index contributed by atoms with van der Waals surface area (Å²) in [6.07, 6.45) is 0.372. The molecule has 0 heterocycles. The lowest BCUT2D eigenvalue weighted by molar-refractivity contribution is -0.115. The Bertz CT molecular complexity index is 967. The molecule has 2 amide bonds. The number of hydrogen-bond acceptors (Lipinski definition) is 3. The van der Waals surface area contributed by atoms with Gasteiger partial charge in [-0.25, -0.2) is 0 Å². The quantitative estimate of drug-likeness (QED) is 0.604. The number of ether oxygens (including phenoxy) is 1. The molecule has 0 unspecified atom stereocenters.